The summed E-state index contributed by atoms with van der Waals surface area (Å²) < 4.78 is 20.5. The lowest BCUT2D eigenvalue weighted by Crippen LogP contribution is -2.32. The van der Waals surface area contributed by atoms with Crippen molar-refractivity contribution in [3.8, 4) is 6.26 Å². The zero-order valence-corrected chi connectivity index (χ0v) is 8.76. The Bertz CT molecular complexity index is 300. The summed E-state index contributed by atoms with van der Waals surface area (Å²) in [4.78, 5) is 11.3. The van der Waals surface area contributed by atoms with Gasteiger partial charge in [-0.2, -0.15) is 5.26 Å². The SMILES string of the molecule is N#COCCC(=O)OC1CO[C@@H]2CCO[C@H]12. The van der Waals surface area contributed by atoms with Crippen LogP contribution in [0.1, 0.15) is 12.8 Å². The van der Waals surface area contributed by atoms with Crippen molar-refractivity contribution >= 4 is 5.97 Å². The van der Waals surface area contributed by atoms with Crippen LogP contribution in [-0.4, -0.2) is 44.1 Å². The normalized spacial score (nSPS) is 31.8. The highest BCUT2D eigenvalue weighted by Gasteiger charge is 2.43. The maximum atomic E-state index is 11.3. The minimum absolute atomic E-state index is 0.0534. The number of carbonyl (C=O) groups is 1. The Kier molecular flexibility index (Phi) is 3.59. The van der Waals surface area contributed by atoms with Gasteiger partial charge in [0.2, 0.25) is 0 Å². The average molecular weight is 227 g/mol. The number of rotatable bonds is 4. The molecule has 0 radical (unpaired) electrons. The third-order valence-corrected chi connectivity index (χ3v) is 2.68. The van der Waals surface area contributed by atoms with Crippen LogP contribution in [0.25, 0.3) is 0 Å². The topological polar surface area (TPSA) is 77.8 Å². The number of fused-ring (bicyclic) bond motifs is 1. The first-order valence-electron chi connectivity index (χ1n) is 5.25. The van der Waals surface area contributed by atoms with E-state index < -0.39 is 0 Å². The zero-order chi connectivity index (χ0) is 11.4. The lowest BCUT2D eigenvalue weighted by atomic mass is 10.1. The Morgan fingerprint density at radius 1 is 1.50 bits per heavy atom. The van der Waals surface area contributed by atoms with Crippen LogP contribution in [-0.2, 0) is 23.7 Å². The lowest BCUT2D eigenvalue weighted by Gasteiger charge is -2.16. The predicted octanol–water partition coefficient (Wildman–Crippen LogP) is -0.0263. The van der Waals surface area contributed by atoms with Crippen molar-refractivity contribution in [2.75, 3.05) is 19.8 Å². The smallest absolute Gasteiger partial charge is 0.309 e. The summed E-state index contributed by atoms with van der Waals surface area (Å²) in [5.41, 5.74) is 0. The molecule has 0 aromatic heterocycles. The second-order valence-electron chi connectivity index (χ2n) is 3.71. The monoisotopic (exact) mass is 227 g/mol. The summed E-state index contributed by atoms with van der Waals surface area (Å²) >= 11 is 0. The van der Waals surface area contributed by atoms with Crippen molar-refractivity contribution in [2.24, 2.45) is 0 Å². The van der Waals surface area contributed by atoms with E-state index in [4.69, 9.17) is 19.5 Å². The molecular weight excluding hydrogens is 214 g/mol. The first-order chi connectivity index (χ1) is 7.81. The second-order valence-corrected chi connectivity index (χ2v) is 3.71. The van der Waals surface area contributed by atoms with E-state index in [0.717, 1.165) is 6.42 Å². The number of nitrogens with zero attached hydrogens (tertiary/aromatic N) is 1. The van der Waals surface area contributed by atoms with Crippen LogP contribution in [0.4, 0.5) is 0 Å². The van der Waals surface area contributed by atoms with Crippen molar-refractivity contribution in [1.29, 1.82) is 5.26 Å². The third kappa shape index (κ3) is 2.43. The highest BCUT2D eigenvalue weighted by atomic mass is 16.6. The summed E-state index contributed by atoms with van der Waals surface area (Å²) in [6.07, 6.45) is 2.05. The molecule has 2 heterocycles. The molecule has 0 aromatic carbocycles. The number of nitriles is 1. The van der Waals surface area contributed by atoms with Gasteiger partial charge in [0.1, 0.15) is 12.7 Å². The first-order valence-corrected chi connectivity index (χ1v) is 5.25. The fourth-order valence-electron chi connectivity index (χ4n) is 1.94. The van der Waals surface area contributed by atoms with Crippen LogP contribution in [0.15, 0.2) is 0 Å². The molecule has 3 atom stereocenters. The number of esters is 1. The molecule has 2 aliphatic rings. The first kappa shape index (κ1) is 11.2. The highest BCUT2D eigenvalue weighted by molar-refractivity contribution is 5.69. The van der Waals surface area contributed by atoms with E-state index in [9.17, 15) is 4.79 Å². The Balaban J connectivity index is 1.73. The van der Waals surface area contributed by atoms with Crippen LogP contribution in [0.3, 0.4) is 0 Å². The van der Waals surface area contributed by atoms with Gasteiger partial charge in [-0.15, -0.1) is 0 Å². The Morgan fingerprint density at radius 3 is 3.19 bits per heavy atom. The van der Waals surface area contributed by atoms with Gasteiger partial charge in [0.25, 0.3) is 6.26 Å². The fraction of sp³-hybridized carbons (Fsp3) is 0.800. The Labute approximate surface area is 93.0 Å². The van der Waals surface area contributed by atoms with Gasteiger partial charge in [-0.3, -0.25) is 4.79 Å². The molecule has 0 N–H and O–H groups in total. The van der Waals surface area contributed by atoms with Crippen LogP contribution < -0.4 is 0 Å². The molecule has 0 aliphatic carbocycles. The quantitative estimate of drug-likeness (QED) is 0.381. The van der Waals surface area contributed by atoms with Gasteiger partial charge in [0.15, 0.2) is 6.10 Å². The van der Waals surface area contributed by atoms with E-state index in [0.29, 0.717) is 13.2 Å². The molecule has 0 bridgehead atoms. The molecule has 0 amide bonds. The minimum atomic E-state index is -0.389. The summed E-state index contributed by atoms with van der Waals surface area (Å²) in [7, 11) is 0. The predicted molar refractivity (Wildman–Crippen MR) is 50.2 cm³/mol. The average Bonchev–Trinajstić information content (AvgIpc) is 2.83. The maximum Gasteiger partial charge on any atom is 0.309 e. The summed E-state index contributed by atoms with van der Waals surface area (Å²) in [5.74, 6) is -0.389. The van der Waals surface area contributed by atoms with E-state index in [1.165, 1.54) is 6.26 Å². The molecule has 2 saturated heterocycles. The molecule has 2 aliphatic heterocycles. The van der Waals surface area contributed by atoms with E-state index >= 15 is 0 Å². The number of ether oxygens (including phenoxy) is 4. The van der Waals surface area contributed by atoms with Crippen LogP contribution in [0, 0.1) is 11.5 Å². The van der Waals surface area contributed by atoms with Crippen molar-refractivity contribution in [3.05, 3.63) is 0 Å². The Morgan fingerprint density at radius 2 is 2.38 bits per heavy atom. The van der Waals surface area contributed by atoms with Crippen LogP contribution in [0.5, 0.6) is 0 Å². The van der Waals surface area contributed by atoms with Crippen LogP contribution >= 0.6 is 0 Å². The van der Waals surface area contributed by atoms with Gasteiger partial charge in [-0.25, -0.2) is 0 Å². The van der Waals surface area contributed by atoms with Crippen molar-refractivity contribution < 1.29 is 23.7 Å². The van der Waals surface area contributed by atoms with Gasteiger partial charge < -0.3 is 18.9 Å². The van der Waals surface area contributed by atoms with Gasteiger partial charge >= 0.3 is 5.97 Å². The van der Waals surface area contributed by atoms with Crippen molar-refractivity contribution in [2.45, 2.75) is 31.2 Å². The molecule has 2 fully saturated rings. The number of hydrogen-bond acceptors (Lipinski definition) is 6. The minimum Gasteiger partial charge on any atom is -0.457 e. The molecule has 2 rings (SSSR count). The molecule has 6 nitrogen and oxygen atoms in total. The molecular formula is C10H13NO5. The van der Waals surface area contributed by atoms with E-state index in [-0.39, 0.29) is 37.3 Å². The maximum absolute atomic E-state index is 11.3. The standard InChI is InChI=1S/C10H13NO5/c11-6-13-3-2-9(12)16-8-5-15-7-1-4-14-10(7)8/h7-8,10H,1-5H2/t7-,8?,10+/m1/s1. The number of hydrogen-bond donors (Lipinski definition) is 0. The molecule has 0 spiro atoms. The van der Waals surface area contributed by atoms with Crippen LogP contribution in [0.2, 0.25) is 0 Å². The summed E-state index contributed by atoms with van der Waals surface area (Å²) in [6.45, 7) is 1.10. The molecule has 0 aromatic rings. The van der Waals surface area contributed by atoms with E-state index in [1.54, 1.807) is 0 Å². The van der Waals surface area contributed by atoms with Crippen molar-refractivity contribution in [1.82, 2.24) is 0 Å². The largest absolute Gasteiger partial charge is 0.457 e. The van der Waals surface area contributed by atoms with E-state index in [1.807, 2.05) is 0 Å². The molecule has 1 unspecified atom stereocenters. The fourth-order valence-corrected chi connectivity index (χ4v) is 1.94. The van der Waals surface area contributed by atoms with Gasteiger partial charge in [0, 0.05) is 6.61 Å². The zero-order valence-electron chi connectivity index (χ0n) is 8.76. The highest BCUT2D eigenvalue weighted by Crippen LogP contribution is 2.28. The number of carbonyl (C=O) groups excluding carboxylic acids is 1. The molecule has 0 saturated carbocycles. The van der Waals surface area contributed by atoms with E-state index in [2.05, 4.69) is 4.74 Å². The molecule has 16 heavy (non-hydrogen) atoms. The van der Waals surface area contributed by atoms with Gasteiger partial charge in [-0.1, -0.05) is 0 Å². The summed E-state index contributed by atoms with van der Waals surface area (Å²) in [6, 6.07) is 0. The van der Waals surface area contributed by atoms with Crippen molar-refractivity contribution in [3.63, 3.8) is 0 Å². The van der Waals surface area contributed by atoms with Gasteiger partial charge in [-0.05, 0) is 6.42 Å². The van der Waals surface area contributed by atoms with Gasteiger partial charge in [0.05, 0.1) is 19.1 Å². The molecule has 6 heteroatoms. The third-order valence-electron chi connectivity index (χ3n) is 2.68. The Hall–Kier alpha value is -1.32. The second kappa shape index (κ2) is 5.14. The summed E-state index contributed by atoms with van der Waals surface area (Å²) in [5, 5.41) is 8.12. The molecule has 88 valence electrons. The lowest BCUT2D eigenvalue weighted by molar-refractivity contribution is -0.154.